The molecule has 2 fully saturated rings. The van der Waals surface area contributed by atoms with Gasteiger partial charge in [-0.15, -0.1) is 0 Å². The lowest BCUT2D eigenvalue weighted by Crippen LogP contribution is -2.53. The summed E-state index contributed by atoms with van der Waals surface area (Å²) in [4.78, 5) is 104. The summed E-state index contributed by atoms with van der Waals surface area (Å²) in [5.41, 5.74) is 10.5. The van der Waals surface area contributed by atoms with Crippen molar-refractivity contribution in [1.82, 2.24) is 9.80 Å². The summed E-state index contributed by atoms with van der Waals surface area (Å²) < 4.78 is 29.7. The van der Waals surface area contributed by atoms with Crippen LogP contribution in [0.1, 0.15) is 163 Å². The highest BCUT2D eigenvalue weighted by atomic mass is 16.5. The molecule has 2 atom stereocenters. The van der Waals surface area contributed by atoms with Gasteiger partial charge in [-0.05, 0) is 246 Å². The van der Waals surface area contributed by atoms with Gasteiger partial charge >= 0.3 is 0 Å². The van der Waals surface area contributed by atoms with Crippen LogP contribution in [-0.2, 0) is 9.59 Å². The maximum absolute atomic E-state index is 16.7. The molecule has 0 aromatic heterocycles. The van der Waals surface area contributed by atoms with Gasteiger partial charge in [0.05, 0.1) is 22.3 Å². The number of imide groups is 2. The van der Waals surface area contributed by atoms with Crippen molar-refractivity contribution >= 4 is 101 Å². The van der Waals surface area contributed by atoms with Crippen LogP contribution in [0.2, 0.25) is 0 Å². The molecule has 15 rings (SSSR count). The molecule has 2 aliphatic heterocycles. The number of fused-ring (bicyclic) bond motifs is 2. The fourth-order valence-corrected chi connectivity index (χ4v) is 17.0. The minimum absolute atomic E-state index is 0.0202. The third kappa shape index (κ3) is 13.4. The standard InChI is InChI=1S/C90H90N6O10/c1-49-33-50(2)37-64(36-49)104-74-46-69-78-70(90(102)96(89(69)101)72(44-58-21-17-14-18-22-58)86(98)92-60-26-30-62(31-27-60)94(11)12)48-76(106-66-40-53(5)35-54(6)41-66)82-81-75(105-65-38-51(3)34-52(4)39-65)47-68-77-67(45-73(79(83(77)81)80(74)84(78)82)103-63-32-23-55(7)56(8)42-63)87(99)95(88(68)100)71(43-57-19-15-13-16-20-57)85(97)91-59-24-28-61(29-25-59)93(9)10/h23-42,45-48,57-58,71-72H,13-22,43-44H2,1-12H3,(H,91,97)(H,92,98). The molecule has 0 radical (unpaired) electrons. The van der Waals surface area contributed by atoms with Gasteiger partial charge in [-0.1, -0.05) is 88.5 Å². The number of rotatable bonds is 20. The molecular weight excluding hydrogens is 1330 g/mol. The van der Waals surface area contributed by atoms with E-state index in [1.54, 1.807) is 24.3 Å². The number of aryl methyl sites for hydroxylation is 8. The van der Waals surface area contributed by atoms with Crippen LogP contribution >= 0.6 is 0 Å². The molecule has 11 aromatic rings. The second-order valence-electron chi connectivity index (χ2n) is 30.6. The lowest BCUT2D eigenvalue weighted by atomic mass is 9.79. The Morgan fingerprint density at radius 1 is 0.358 bits per heavy atom. The third-order valence-electron chi connectivity index (χ3n) is 22.0. The first-order valence-corrected chi connectivity index (χ1v) is 37.2. The lowest BCUT2D eigenvalue weighted by Gasteiger charge is -2.37. The number of ether oxygens (including phenoxy) is 4. The fraction of sp³-hybridized carbons (Fsp3) is 0.311. The van der Waals surface area contributed by atoms with E-state index < -0.39 is 47.5 Å². The number of amides is 6. The zero-order valence-corrected chi connectivity index (χ0v) is 62.5. The van der Waals surface area contributed by atoms with Crippen molar-refractivity contribution in [2.75, 3.05) is 48.6 Å². The third-order valence-corrected chi connectivity index (χ3v) is 22.0. The minimum atomic E-state index is -1.27. The van der Waals surface area contributed by atoms with Crippen LogP contribution < -0.4 is 39.4 Å². The zero-order valence-electron chi connectivity index (χ0n) is 62.5. The number of benzene rings is 11. The summed E-state index contributed by atoms with van der Waals surface area (Å²) in [6.07, 6.45) is 9.63. The maximum atomic E-state index is 16.7. The molecule has 2 unspecified atom stereocenters. The highest BCUT2D eigenvalue weighted by molar-refractivity contribution is 6.45. The fourth-order valence-electron chi connectivity index (χ4n) is 17.0. The Balaban J connectivity index is 1.07. The molecule has 16 nitrogen and oxygen atoms in total. The largest absolute Gasteiger partial charge is 0.457 e. The highest BCUT2D eigenvalue weighted by Gasteiger charge is 2.47. The first-order chi connectivity index (χ1) is 50.9. The predicted octanol–water partition coefficient (Wildman–Crippen LogP) is 20.7. The van der Waals surface area contributed by atoms with Crippen LogP contribution in [0, 0.1) is 67.2 Å². The molecule has 2 N–H and O–H groups in total. The minimum Gasteiger partial charge on any atom is -0.457 e. The summed E-state index contributed by atoms with van der Waals surface area (Å²) in [6.45, 7) is 15.9. The van der Waals surface area contributed by atoms with E-state index in [9.17, 15) is 0 Å². The van der Waals surface area contributed by atoms with E-state index in [2.05, 4.69) is 10.6 Å². The molecule has 16 heteroatoms. The van der Waals surface area contributed by atoms with E-state index >= 15 is 28.8 Å². The van der Waals surface area contributed by atoms with Gasteiger partial charge < -0.3 is 39.4 Å². The molecule has 106 heavy (non-hydrogen) atoms. The average molecular weight is 1420 g/mol. The number of nitrogens with zero attached hydrogens (tertiary/aromatic N) is 4. The van der Waals surface area contributed by atoms with Crippen LogP contribution in [0.5, 0.6) is 46.0 Å². The van der Waals surface area contributed by atoms with Gasteiger partial charge in [0.1, 0.15) is 58.1 Å². The second-order valence-corrected chi connectivity index (χ2v) is 30.6. The smallest absolute Gasteiger partial charge is 0.262 e. The number of carbonyl (C=O) groups excluding carboxylic acids is 6. The van der Waals surface area contributed by atoms with Gasteiger partial charge in [0.2, 0.25) is 11.8 Å². The monoisotopic (exact) mass is 1410 g/mol. The van der Waals surface area contributed by atoms with Crippen LogP contribution in [-0.4, -0.2) is 85.5 Å². The topological polar surface area (TPSA) is 176 Å². The normalized spacial score (nSPS) is 15.4. The zero-order chi connectivity index (χ0) is 74.3. The van der Waals surface area contributed by atoms with Crippen LogP contribution in [0.25, 0.3) is 43.1 Å². The quantitative estimate of drug-likeness (QED) is 0.0420. The summed E-state index contributed by atoms with van der Waals surface area (Å²) in [7, 11) is 7.76. The molecule has 2 heterocycles. The Morgan fingerprint density at radius 2 is 0.660 bits per heavy atom. The summed E-state index contributed by atoms with van der Waals surface area (Å²) >= 11 is 0. The van der Waals surface area contributed by atoms with E-state index in [0.29, 0.717) is 66.7 Å². The number of hydrogen-bond acceptors (Lipinski definition) is 12. The van der Waals surface area contributed by atoms with Crippen molar-refractivity contribution in [1.29, 1.82) is 0 Å². The molecule has 540 valence electrons. The Hall–Kier alpha value is -11.3. The molecule has 2 saturated carbocycles. The van der Waals surface area contributed by atoms with Gasteiger partial charge in [-0.2, -0.15) is 0 Å². The molecular formula is C90H90N6O10. The maximum Gasteiger partial charge on any atom is 0.262 e. The number of anilines is 4. The number of nitrogens with one attached hydrogen (secondary N) is 2. The first kappa shape index (κ1) is 70.4. The van der Waals surface area contributed by atoms with E-state index in [-0.39, 0.29) is 80.7 Å². The predicted molar refractivity (Wildman–Crippen MR) is 421 cm³/mol. The van der Waals surface area contributed by atoms with E-state index in [1.807, 2.05) is 215 Å². The van der Waals surface area contributed by atoms with Crippen LogP contribution in [0.4, 0.5) is 22.7 Å². The lowest BCUT2D eigenvalue weighted by molar-refractivity contribution is -0.121. The molecule has 6 amide bonds. The molecule has 0 spiro atoms. The van der Waals surface area contributed by atoms with Gasteiger partial charge in [-0.25, -0.2) is 0 Å². The van der Waals surface area contributed by atoms with Gasteiger partial charge in [-0.3, -0.25) is 38.6 Å². The molecule has 0 saturated heterocycles. The average Bonchev–Trinajstić information content (AvgIpc) is 0.670. The molecule has 11 aromatic carbocycles. The Labute approximate surface area is 618 Å². The Kier molecular flexibility index (Phi) is 18.8. The molecule has 2 aliphatic carbocycles. The summed E-state index contributed by atoms with van der Waals surface area (Å²) in [6, 6.07) is 42.4. The van der Waals surface area contributed by atoms with Crippen molar-refractivity contribution in [3.05, 3.63) is 212 Å². The van der Waals surface area contributed by atoms with Crippen molar-refractivity contribution in [2.24, 2.45) is 11.8 Å². The van der Waals surface area contributed by atoms with Gasteiger partial charge in [0.15, 0.2) is 0 Å². The van der Waals surface area contributed by atoms with Crippen LogP contribution in [0.15, 0.2) is 146 Å². The summed E-state index contributed by atoms with van der Waals surface area (Å²) in [5, 5.41) is 8.93. The van der Waals surface area contributed by atoms with Gasteiger partial charge in [0.25, 0.3) is 23.6 Å². The van der Waals surface area contributed by atoms with Crippen molar-refractivity contribution in [3.8, 4) is 46.0 Å². The second kappa shape index (κ2) is 28.3. The highest BCUT2D eigenvalue weighted by Crippen LogP contribution is 2.59. The Morgan fingerprint density at radius 3 is 0.953 bits per heavy atom. The van der Waals surface area contributed by atoms with Crippen molar-refractivity contribution in [3.63, 3.8) is 0 Å². The van der Waals surface area contributed by atoms with Crippen molar-refractivity contribution < 1.29 is 47.7 Å². The number of carbonyl (C=O) groups is 6. The van der Waals surface area contributed by atoms with E-state index in [0.717, 1.165) is 130 Å². The number of hydrogen-bond donors (Lipinski definition) is 2. The molecule has 0 bridgehead atoms. The van der Waals surface area contributed by atoms with Crippen LogP contribution in [0.3, 0.4) is 0 Å². The first-order valence-electron chi connectivity index (χ1n) is 37.2. The van der Waals surface area contributed by atoms with Gasteiger partial charge in [0, 0.05) is 94.0 Å². The SMILES string of the molecule is Cc1cc(C)cc(Oc2cc3c4c(cc(Oc5cc(C)cc(C)c5)c5c6c(Oc7ccc(C)c(C)c7)cc7c8c(cc(Oc9cc(C)cc(C)c9)c(c2c45)c86)C(=O)N(C(CC2CCCCC2)C(=O)Nc2ccc(N(C)C)cc2)C7=O)C(=O)N(C(CC2CCCCC2)C(=O)Nc2ccc(N(C)C)cc2)C3=O)c1. The van der Waals surface area contributed by atoms with E-state index in [4.69, 9.17) is 18.9 Å². The van der Waals surface area contributed by atoms with E-state index in [1.165, 1.54) is 0 Å². The summed E-state index contributed by atoms with van der Waals surface area (Å²) in [5.74, 6) is -1.46. The Bertz CT molecular complexity index is 5330. The molecule has 4 aliphatic rings. The van der Waals surface area contributed by atoms with Crippen molar-refractivity contribution in [2.45, 2.75) is 145 Å².